The van der Waals surface area contributed by atoms with Crippen molar-refractivity contribution in [1.82, 2.24) is 24.8 Å². The molecule has 162 valence electrons. The number of aromatic nitrogens is 3. The quantitative estimate of drug-likeness (QED) is 0.440. The zero-order valence-corrected chi connectivity index (χ0v) is 19.1. The Bertz CT molecular complexity index is 1230. The average molecular weight is 444 g/mol. The summed E-state index contributed by atoms with van der Waals surface area (Å²) in [6.07, 6.45) is 5.42. The van der Waals surface area contributed by atoms with Crippen molar-refractivity contribution in [2.75, 3.05) is 0 Å². The smallest absolute Gasteiger partial charge is 0.170 e. The van der Waals surface area contributed by atoms with E-state index in [9.17, 15) is 0 Å². The maximum absolute atomic E-state index is 5.78. The molecule has 6 nitrogen and oxygen atoms in total. The molecule has 2 atom stereocenters. The van der Waals surface area contributed by atoms with Gasteiger partial charge in [0.05, 0.1) is 30.6 Å². The van der Waals surface area contributed by atoms with Crippen LogP contribution in [0, 0.1) is 20.8 Å². The molecule has 5 heterocycles. The van der Waals surface area contributed by atoms with E-state index in [1.807, 2.05) is 49.6 Å². The van der Waals surface area contributed by atoms with E-state index in [4.69, 9.17) is 16.6 Å². The van der Waals surface area contributed by atoms with Crippen molar-refractivity contribution in [1.29, 1.82) is 0 Å². The van der Waals surface area contributed by atoms with Crippen LogP contribution in [0.3, 0.4) is 0 Å². The topological polar surface area (TPSA) is 59.1 Å². The molecule has 5 rings (SSSR count). The summed E-state index contributed by atoms with van der Waals surface area (Å²) in [6.45, 7) is 6.89. The molecule has 0 radical (unpaired) electrons. The van der Waals surface area contributed by atoms with Gasteiger partial charge < -0.3 is 19.2 Å². The van der Waals surface area contributed by atoms with E-state index >= 15 is 0 Å². The number of pyridine rings is 2. The van der Waals surface area contributed by atoms with Crippen molar-refractivity contribution < 1.29 is 4.42 Å². The fourth-order valence-electron chi connectivity index (χ4n) is 4.52. The minimum Gasteiger partial charge on any atom is -0.467 e. The van der Waals surface area contributed by atoms with E-state index < -0.39 is 0 Å². The van der Waals surface area contributed by atoms with E-state index in [0.717, 1.165) is 34.2 Å². The Kier molecular flexibility index (Phi) is 5.27. The fraction of sp³-hybridized carbons (Fsp3) is 0.240. The summed E-state index contributed by atoms with van der Waals surface area (Å²) in [6, 6.07) is 16.2. The summed E-state index contributed by atoms with van der Waals surface area (Å²) >= 11 is 5.78. The van der Waals surface area contributed by atoms with Crippen molar-refractivity contribution in [3.8, 4) is 5.82 Å². The molecule has 1 aliphatic rings. The van der Waals surface area contributed by atoms with Crippen molar-refractivity contribution >= 4 is 17.3 Å². The van der Waals surface area contributed by atoms with Crippen molar-refractivity contribution in [3.05, 3.63) is 101 Å². The number of furan rings is 1. The predicted molar refractivity (Wildman–Crippen MR) is 127 cm³/mol. The highest BCUT2D eigenvalue weighted by Gasteiger charge is 2.41. The molecule has 0 aliphatic carbocycles. The van der Waals surface area contributed by atoms with Gasteiger partial charge >= 0.3 is 0 Å². The van der Waals surface area contributed by atoms with Crippen LogP contribution in [0.25, 0.3) is 5.82 Å². The Labute approximate surface area is 192 Å². The molecular formula is C25H25N5OS. The summed E-state index contributed by atoms with van der Waals surface area (Å²) in [5, 5.41) is 4.21. The number of nitrogens with one attached hydrogen (secondary N) is 1. The van der Waals surface area contributed by atoms with Gasteiger partial charge in [0.1, 0.15) is 11.6 Å². The number of thiocarbonyl (C=S) groups is 1. The second-order valence-corrected chi connectivity index (χ2v) is 8.58. The van der Waals surface area contributed by atoms with Crippen molar-refractivity contribution in [2.24, 2.45) is 0 Å². The number of aryl methyl sites for hydroxylation is 2. The molecule has 1 fully saturated rings. The van der Waals surface area contributed by atoms with Crippen LogP contribution in [-0.2, 0) is 6.54 Å². The van der Waals surface area contributed by atoms with Gasteiger partial charge in [0, 0.05) is 23.8 Å². The maximum Gasteiger partial charge on any atom is 0.170 e. The summed E-state index contributed by atoms with van der Waals surface area (Å²) in [5.41, 5.74) is 5.56. The third-order valence-electron chi connectivity index (χ3n) is 6.02. The Hall–Kier alpha value is -3.45. The van der Waals surface area contributed by atoms with E-state index in [2.05, 4.69) is 56.8 Å². The lowest BCUT2D eigenvalue weighted by atomic mass is 9.96. The first-order valence-electron chi connectivity index (χ1n) is 10.7. The van der Waals surface area contributed by atoms with Crippen LogP contribution in [0.1, 0.15) is 46.1 Å². The maximum atomic E-state index is 5.78. The number of hydrogen-bond donors (Lipinski definition) is 1. The van der Waals surface area contributed by atoms with E-state index in [0.29, 0.717) is 11.7 Å². The Morgan fingerprint density at radius 3 is 2.62 bits per heavy atom. The van der Waals surface area contributed by atoms with Gasteiger partial charge in [-0.3, -0.25) is 4.98 Å². The number of nitrogens with zero attached hydrogens (tertiary/aromatic N) is 4. The molecule has 0 bridgehead atoms. The second-order valence-electron chi connectivity index (χ2n) is 8.19. The van der Waals surface area contributed by atoms with Gasteiger partial charge in [-0.2, -0.15) is 0 Å². The van der Waals surface area contributed by atoms with E-state index in [1.165, 1.54) is 5.56 Å². The van der Waals surface area contributed by atoms with Gasteiger partial charge in [-0.25, -0.2) is 4.98 Å². The van der Waals surface area contributed by atoms with Crippen LogP contribution in [0.5, 0.6) is 0 Å². The third kappa shape index (κ3) is 3.58. The molecule has 32 heavy (non-hydrogen) atoms. The molecule has 4 aromatic rings. The third-order valence-corrected chi connectivity index (χ3v) is 6.37. The van der Waals surface area contributed by atoms with Crippen molar-refractivity contribution in [2.45, 2.75) is 39.4 Å². The molecule has 7 heteroatoms. The van der Waals surface area contributed by atoms with Crippen LogP contribution in [0.15, 0.2) is 71.6 Å². The molecule has 1 aliphatic heterocycles. The Balaban J connectivity index is 1.62. The summed E-state index contributed by atoms with van der Waals surface area (Å²) < 4.78 is 7.85. The van der Waals surface area contributed by atoms with Gasteiger partial charge in [0.15, 0.2) is 5.11 Å². The van der Waals surface area contributed by atoms with E-state index in [1.54, 1.807) is 6.26 Å². The first kappa shape index (κ1) is 20.5. The van der Waals surface area contributed by atoms with Gasteiger partial charge in [0.25, 0.3) is 0 Å². The van der Waals surface area contributed by atoms with Gasteiger partial charge in [-0.15, -0.1) is 0 Å². The molecule has 1 saturated heterocycles. The Morgan fingerprint density at radius 2 is 1.94 bits per heavy atom. The van der Waals surface area contributed by atoms with Crippen molar-refractivity contribution in [3.63, 3.8) is 0 Å². The van der Waals surface area contributed by atoms with Gasteiger partial charge in [-0.1, -0.05) is 12.1 Å². The monoisotopic (exact) mass is 443 g/mol. The lowest BCUT2D eigenvalue weighted by Gasteiger charge is -2.27. The first-order valence-corrected chi connectivity index (χ1v) is 11.1. The average Bonchev–Trinajstić information content (AvgIpc) is 3.49. The zero-order chi connectivity index (χ0) is 22.2. The highest BCUT2D eigenvalue weighted by molar-refractivity contribution is 7.80. The van der Waals surface area contributed by atoms with Crippen LogP contribution >= 0.6 is 12.2 Å². The first-order chi connectivity index (χ1) is 15.5. The lowest BCUT2D eigenvalue weighted by Crippen LogP contribution is -2.29. The fourth-order valence-corrected chi connectivity index (χ4v) is 4.82. The molecule has 0 spiro atoms. The molecule has 1 N–H and O–H groups in total. The standard InChI is InChI=1S/C25H25N5OS/c1-16-9-10-22(27-14-16)30-17(2)13-20(18(30)3)24-23(21-8-4-5-11-26-21)28-25(32)29(24)15-19-7-6-12-31-19/h4-14,23-24H,15H2,1-3H3,(H,28,32)/t23-,24+/m1/s1. The van der Waals surface area contributed by atoms with Crippen LogP contribution in [-0.4, -0.2) is 24.5 Å². The molecule has 4 aromatic heterocycles. The van der Waals surface area contributed by atoms with Gasteiger partial charge in [-0.05, 0) is 80.5 Å². The predicted octanol–water partition coefficient (Wildman–Crippen LogP) is 4.96. The number of hydrogen-bond acceptors (Lipinski definition) is 4. The molecular weight excluding hydrogens is 418 g/mol. The highest BCUT2D eigenvalue weighted by Crippen LogP contribution is 2.42. The molecule has 0 saturated carbocycles. The molecule has 0 aromatic carbocycles. The van der Waals surface area contributed by atoms with Crippen LogP contribution in [0.4, 0.5) is 0 Å². The summed E-state index contributed by atoms with van der Waals surface area (Å²) in [4.78, 5) is 11.5. The highest BCUT2D eigenvalue weighted by atomic mass is 32.1. The van der Waals surface area contributed by atoms with Gasteiger partial charge in [0.2, 0.25) is 0 Å². The molecule has 0 unspecified atom stereocenters. The zero-order valence-electron chi connectivity index (χ0n) is 18.3. The van der Waals surface area contributed by atoms with Crippen LogP contribution < -0.4 is 5.32 Å². The SMILES string of the molecule is Cc1ccc(-n2c(C)cc([C@H]3[C@@H](c4ccccn4)NC(=S)N3Cc3ccco3)c2C)nc1. The molecule has 0 amide bonds. The summed E-state index contributed by atoms with van der Waals surface area (Å²) in [5.74, 6) is 1.78. The summed E-state index contributed by atoms with van der Waals surface area (Å²) in [7, 11) is 0. The van der Waals surface area contributed by atoms with Crippen LogP contribution in [0.2, 0.25) is 0 Å². The lowest BCUT2D eigenvalue weighted by molar-refractivity contribution is 0.286. The minimum absolute atomic E-state index is 0.0344. The largest absolute Gasteiger partial charge is 0.467 e. The second kappa shape index (κ2) is 8.24. The normalized spacial score (nSPS) is 18.2. The Morgan fingerprint density at radius 1 is 1.06 bits per heavy atom. The number of rotatable bonds is 5. The van der Waals surface area contributed by atoms with E-state index in [-0.39, 0.29) is 12.1 Å². The minimum atomic E-state index is -0.0708.